The van der Waals surface area contributed by atoms with Gasteiger partial charge in [-0.1, -0.05) is 33.6 Å². The average molecular weight is 319 g/mol. The van der Waals surface area contributed by atoms with Crippen LogP contribution in [0.1, 0.15) is 59.3 Å². The van der Waals surface area contributed by atoms with Crippen molar-refractivity contribution in [2.45, 2.75) is 76.1 Å². The molecule has 0 bridgehead atoms. The number of alkyl halides is 2. The van der Waals surface area contributed by atoms with Crippen molar-refractivity contribution in [1.82, 2.24) is 4.90 Å². The average Bonchev–Trinajstić information content (AvgIpc) is 2.43. The first-order chi connectivity index (χ1) is 9.13. The van der Waals surface area contributed by atoms with Crippen LogP contribution in [0.25, 0.3) is 0 Å². The molecule has 5 heteroatoms. The third-order valence-corrected chi connectivity index (χ3v) is 5.13. The Bertz CT molecular complexity index is 281. The molecular weight excluding hydrogens is 292 g/mol. The van der Waals surface area contributed by atoms with E-state index in [-0.39, 0.29) is 31.1 Å². The maximum Gasteiger partial charge on any atom is 0.222 e. The lowest BCUT2D eigenvalue weighted by Gasteiger charge is -2.44. The summed E-state index contributed by atoms with van der Waals surface area (Å²) in [5.41, 5.74) is 0. The van der Waals surface area contributed by atoms with Crippen molar-refractivity contribution >= 4 is 37.5 Å². The smallest absolute Gasteiger partial charge is 0.222 e. The summed E-state index contributed by atoms with van der Waals surface area (Å²) in [5.74, 6) is 0.875. The van der Waals surface area contributed by atoms with E-state index in [0.29, 0.717) is 12.3 Å². The van der Waals surface area contributed by atoms with Gasteiger partial charge in [0, 0.05) is 21.4 Å². The summed E-state index contributed by atoms with van der Waals surface area (Å²) >= 11 is 12.8. The monoisotopic (exact) mass is 318 g/mol. The number of likely N-dealkylation sites (tertiary alicyclic amines) is 1. The Morgan fingerprint density at radius 1 is 1.15 bits per heavy atom. The summed E-state index contributed by atoms with van der Waals surface area (Å²) in [6, 6.07) is 0.0499. The second kappa shape index (κ2) is 9.94. The van der Waals surface area contributed by atoms with Crippen molar-refractivity contribution in [1.29, 1.82) is 0 Å². The second-order valence-electron chi connectivity index (χ2n) is 5.31. The van der Waals surface area contributed by atoms with Crippen LogP contribution < -0.4 is 0 Å². The van der Waals surface area contributed by atoms with Crippen molar-refractivity contribution in [2.24, 2.45) is 5.92 Å². The van der Waals surface area contributed by atoms with Gasteiger partial charge < -0.3 is 4.90 Å². The molecule has 3 unspecified atom stereocenters. The Kier molecular flexibility index (Phi) is 10.0. The molecule has 0 aromatic rings. The number of halogens is 2. The molecule has 1 saturated heterocycles. The van der Waals surface area contributed by atoms with E-state index in [1.165, 1.54) is 0 Å². The number of hydrogen-bond donors (Lipinski definition) is 0. The molecular formula is C15H27BCl2NO. The van der Waals surface area contributed by atoms with Crippen molar-refractivity contribution in [3.8, 4) is 0 Å². The van der Waals surface area contributed by atoms with Gasteiger partial charge in [-0.05, 0) is 25.2 Å². The van der Waals surface area contributed by atoms with Crippen molar-refractivity contribution < 1.29 is 4.79 Å². The highest BCUT2D eigenvalue weighted by atomic mass is 35.5. The van der Waals surface area contributed by atoms with Crippen LogP contribution in [0, 0.1) is 5.92 Å². The van der Waals surface area contributed by atoms with Gasteiger partial charge in [0.2, 0.25) is 5.91 Å². The Morgan fingerprint density at radius 2 is 1.70 bits per heavy atom. The van der Waals surface area contributed by atoms with Crippen LogP contribution >= 0.6 is 23.2 Å². The van der Waals surface area contributed by atoms with Gasteiger partial charge in [-0.2, -0.15) is 0 Å². The molecule has 1 amide bonds. The molecule has 0 N–H and O–H groups in total. The zero-order valence-electron chi connectivity index (χ0n) is 12.9. The van der Waals surface area contributed by atoms with Crippen LogP contribution in [0.3, 0.4) is 0 Å². The van der Waals surface area contributed by atoms with E-state index < -0.39 is 0 Å². The number of rotatable bonds is 2. The SMILES string of the molecule is CC.CCC1CCC(=O)N(C2C(Cl)CCCC2Cl)C1.[B]. The van der Waals surface area contributed by atoms with Crippen LogP contribution in [-0.4, -0.2) is 42.6 Å². The lowest BCUT2D eigenvalue weighted by Crippen LogP contribution is -2.55. The van der Waals surface area contributed by atoms with Crippen molar-refractivity contribution in [2.75, 3.05) is 6.54 Å². The van der Waals surface area contributed by atoms with Gasteiger partial charge in [-0.15, -0.1) is 23.2 Å². The normalized spacial score (nSPS) is 33.9. The lowest BCUT2D eigenvalue weighted by molar-refractivity contribution is -0.138. The third kappa shape index (κ3) is 4.84. The van der Waals surface area contributed by atoms with Crippen LogP contribution in [0.5, 0.6) is 0 Å². The second-order valence-corrected chi connectivity index (χ2v) is 6.43. The summed E-state index contributed by atoms with van der Waals surface area (Å²) in [4.78, 5) is 14.0. The summed E-state index contributed by atoms with van der Waals surface area (Å²) in [5, 5.41) is 0.0663. The third-order valence-electron chi connectivity index (χ3n) is 4.18. The van der Waals surface area contributed by atoms with Gasteiger partial charge in [0.1, 0.15) is 0 Å². The molecule has 115 valence electrons. The zero-order valence-corrected chi connectivity index (χ0v) is 14.5. The fourth-order valence-corrected chi connectivity index (χ4v) is 4.04. The minimum absolute atomic E-state index is 0. The van der Waals surface area contributed by atoms with Crippen LogP contribution in [-0.2, 0) is 4.79 Å². The maximum absolute atomic E-state index is 12.1. The Hall–Kier alpha value is 0.115. The van der Waals surface area contributed by atoms with Gasteiger partial charge >= 0.3 is 0 Å². The fourth-order valence-electron chi connectivity index (χ4n) is 3.03. The number of carbonyl (C=O) groups is 1. The number of piperidine rings is 1. The highest BCUT2D eigenvalue weighted by Gasteiger charge is 2.39. The Morgan fingerprint density at radius 3 is 2.20 bits per heavy atom. The Labute approximate surface area is 136 Å². The fraction of sp³-hybridized carbons (Fsp3) is 0.933. The molecule has 1 aliphatic carbocycles. The van der Waals surface area contributed by atoms with Gasteiger partial charge in [0.25, 0.3) is 0 Å². The molecule has 20 heavy (non-hydrogen) atoms. The lowest BCUT2D eigenvalue weighted by atomic mass is 9.88. The highest BCUT2D eigenvalue weighted by molar-refractivity contribution is 6.25. The summed E-state index contributed by atoms with van der Waals surface area (Å²) in [7, 11) is 0. The van der Waals surface area contributed by atoms with Crippen LogP contribution in [0.15, 0.2) is 0 Å². The van der Waals surface area contributed by atoms with Crippen LogP contribution in [0.2, 0.25) is 0 Å². The molecule has 2 fully saturated rings. The standard InChI is InChI=1S/C13H21Cl2NO.C2H6.B/c1-2-9-6-7-12(17)16(8-9)13-10(14)4-3-5-11(13)15;1-2;/h9-11,13H,2-8H2,1H3;1-2H3;. The van der Waals surface area contributed by atoms with E-state index in [2.05, 4.69) is 6.92 Å². The number of hydrogen-bond acceptors (Lipinski definition) is 1. The molecule has 0 aromatic carbocycles. The predicted molar refractivity (Wildman–Crippen MR) is 88.8 cm³/mol. The number of carbonyl (C=O) groups excluding carboxylic acids is 1. The molecule has 2 nitrogen and oxygen atoms in total. The zero-order chi connectivity index (χ0) is 14.4. The predicted octanol–water partition coefficient (Wildman–Crippen LogP) is 4.05. The van der Waals surface area contributed by atoms with E-state index >= 15 is 0 Å². The van der Waals surface area contributed by atoms with E-state index in [9.17, 15) is 4.79 Å². The Balaban J connectivity index is 0.00000115. The first kappa shape index (κ1) is 20.1. The summed E-state index contributed by atoms with van der Waals surface area (Å²) in [6.07, 6.45) is 5.88. The molecule has 0 spiro atoms. The molecule has 3 atom stereocenters. The molecule has 1 heterocycles. The topological polar surface area (TPSA) is 20.3 Å². The first-order valence-corrected chi connectivity index (χ1v) is 8.58. The largest absolute Gasteiger partial charge is 0.336 e. The first-order valence-electron chi connectivity index (χ1n) is 7.71. The molecule has 0 aromatic heterocycles. The molecule has 2 aliphatic rings. The summed E-state index contributed by atoms with van der Waals surface area (Å²) < 4.78 is 0. The quantitative estimate of drug-likeness (QED) is 0.555. The maximum atomic E-state index is 12.1. The van der Waals surface area contributed by atoms with Gasteiger partial charge in [0.05, 0.1) is 16.8 Å². The van der Waals surface area contributed by atoms with Gasteiger partial charge in [-0.25, -0.2) is 0 Å². The number of nitrogens with zero attached hydrogens (tertiary/aromatic N) is 1. The highest BCUT2D eigenvalue weighted by Crippen LogP contribution is 2.34. The van der Waals surface area contributed by atoms with E-state index in [1.807, 2.05) is 18.7 Å². The molecule has 2 rings (SSSR count). The van der Waals surface area contributed by atoms with E-state index in [0.717, 1.165) is 38.6 Å². The van der Waals surface area contributed by atoms with Crippen molar-refractivity contribution in [3.63, 3.8) is 0 Å². The summed E-state index contributed by atoms with van der Waals surface area (Å²) in [6.45, 7) is 7.04. The number of amides is 1. The van der Waals surface area contributed by atoms with Gasteiger partial charge in [-0.3, -0.25) is 4.79 Å². The minimum Gasteiger partial charge on any atom is -0.336 e. The van der Waals surface area contributed by atoms with Crippen molar-refractivity contribution in [3.05, 3.63) is 0 Å². The van der Waals surface area contributed by atoms with E-state index in [4.69, 9.17) is 23.2 Å². The van der Waals surface area contributed by atoms with Gasteiger partial charge in [0.15, 0.2) is 0 Å². The molecule has 1 saturated carbocycles. The molecule has 1 aliphatic heterocycles. The molecule has 3 radical (unpaired) electrons. The minimum atomic E-state index is 0. The van der Waals surface area contributed by atoms with Crippen LogP contribution in [0.4, 0.5) is 0 Å². The van der Waals surface area contributed by atoms with E-state index in [1.54, 1.807) is 0 Å².